The first-order valence-electron chi connectivity index (χ1n) is 9.79. The fourth-order valence-electron chi connectivity index (χ4n) is 2.85. The lowest BCUT2D eigenvalue weighted by Crippen LogP contribution is -2.08. The zero-order valence-corrected chi connectivity index (χ0v) is 17.4. The van der Waals surface area contributed by atoms with Crippen molar-refractivity contribution < 1.29 is 27.8 Å². The number of hydrogen-bond acceptors (Lipinski definition) is 6. The minimum absolute atomic E-state index is 0.0198. The summed E-state index contributed by atoms with van der Waals surface area (Å²) in [5.41, 5.74) is 1.10. The summed E-state index contributed by atoms with van der Waals surface area (Å²) in [5, 5.41) is 0.810. The average Bonchev–Trinajstić information content (AvgIpc) is 3.41. The molecule has 1 aromatic heterocycles. The summed E-state index contributed by atoms with van der Waals surface area (Å²) in [7, 11) is 0. The van der Waals surface area contributed by atoms with Crippen LogP contribution in [-0.2, 0) is 20.9 Å². The lowest BCUT2D eigenvalue weighted by atomic mass is 10.1. The van der Waals surface area contributed by atoms with Crippen LogP contribution < -0.4 is 4.74 Å². The maximum Gasteiger partial charge on any atom is 0.305 e. The summed E-state index contributed by atoms with van der Waals surface area (Å²) in [6.07, 6.45) is 2.84. The summed E-state index contributed by atoms with van der Waals surface area (Å²) in [5.74, 6) is -1.73. The van der Waals surface area contributed by atoms with Crippen LogP contribution >= 0.6 is 11.3 Å². The van der Waals surface area contributed by atoms with Crippen LogP contribution in [-0.4, -0.2) is 30.8 Å². The molecule has 158 valence electrons. The van der Waals surface area contributed by atoms with E-state index < -0.39 is 17.4 Å². The van der Waals surface area contributed by atoms with Crippen LogP contribution in [0, 0.1) is 24.5 Å². The fraction of sp³-hybridized carbons (Fsp3) is 0.524. The van der Waals surface area contributed by atoms with Crippen molar-refractivity contribution in [2.45, 2.75) is 46.1 Å². The van der Waals surface area contributed by atoms with Crippen LogP contribution in [0.25, 0.3) is 10.4 Å². The smallest absolute Gasteiger partial charge is 0.305 e. The molecule has 2 aromatic rings. The molecule has 0 spiro atoms. The minimum Gasteiger partial charge on any atom is -0.488 e. The van der Waals surface area contributed by atoms with E-state index in [1.165, 1.54) is 36.3 Å². The Balaban J connectivity index is 1.64. The van der Waals surface area contributed by atoms with Crippen LogP contribution in [0.4, 0.5) is 8.78 Å². The van der Waals surface area contributed by atoms with Crippen LogP contribution in [0.15, 0.2) is 12.1 Å². The van der Waals surface area contributed by atoms with E-state index in [0.29, 0.717) is 48.3 Å². The van der Waals surface area contributed by atoms with Crippen molar-refractivity contribution in [3.8, 4) is 16.2 Å². The van der Waals surface area contributed by atoms with Gasteiger partial charge >= 0.3 is 5.97 Å². The molecule has 29 heavy (non-hydrogen) atoms. The van der Waals surface area contributed by atoms with Gasteiger partial charge in [0.15, 0.2) is 17.4 Å². The molecule has 1 aliphatic carbocycles. The van der Waals surface area contributed by atoms with Gasteiger partial charge in [0.25, 0.3) is 0 Å². The van der Waals surface area contributed by atoms with E-state index in [0.717, 1.165) is 5.01 Å². The van der Waals surface area contributed by atoms with E-state index >= 15 is 0 Å². The molecule has 1 aromatic carbocycles. The number of nitrogens with zero attached hydrogens (tertiary/aromatic N) is 1. The van der Waals surface area contributed by atoms with Gasteiger partial charge in [-0.25, -0.2) is 13.8 Å². The highest BCUT2D eigenvalue weighted by atomic mass is 32.1. The van der Waals surface area contributed by atoms with Gasteiger partial charge in [-0.05, 0) is 56.7 Å². The van der Waals surface area contributed by atoms with Crippen LogP contribution in [0.3, 0.4) is 0 Å². The molecule has 3 rings (SSSR count). The number of carbonyl (C=O) groups excluding carboxylic acids is 1. The van der Waals surface area contributed by atoms with Crippen molar-refractivity contribution in [2.24, 2.45) is 5.92 Å². The Labute approximate surface area is 173 Å². The van der Waals surface area contributed by atoms with E-state index in [1.54, 1.807) is 6.92 Å². The van der Waals surface area contributed by atoms with E-state index in [9.17, 15) is 13.6 Å². The maximum absolute atomic E-state index is 14.5. The lowest BCUT2D eigenvalue weighted by molar-refractivity contribution is -0.143. The second-order valence-electron chi connectivity index (χ2n) is 6.99. The van der Waals surface area contributed by atoms with Gasteiger partial charge in [-0.15, -0.1) is 11.3 Å². The summed E-state index contributed by atoms with van der Waals surface area (Å²) in [6.45, 7) is 4.91. The molecule has 5 nitrogen and oxygen atoms in total. The average molecular weight is 425 g/mol. The molecule has 1 fully saturated rings. The van der Waals surface area contributed by atoms with Crippen molar-refractivity contribution in [3.05, 3.63) is 34.5 Å². The molecule has 0 N–H and O–H groups in total. The number of esters is 1. The molecule has 0 aliphatic heterocycles. The third kappa shape index (κ3) is 6.21. The molecule has 1 heterocycles. The monoisotopic (exact) mass is 425 g/mol. The Morgan fingerprint density at radius 3 is 2.66 bits per heavy atom. The summed E-state index contributed by atoms with van der Waals surface area (Å²) in [6, 6.07) is 2.50. The van der Waals surface area contributed by atoms with Crippen molar-refractivity contribution in [1.82, 2.24) is 4.98 Å². The summed E-state index contributed by atoms with van der Waals surface area (Å²) >= 11 is 1.38. The molecule has 0 radical (unpaired) electrons. The second-order valence-corrected chi connectivity index (χ2v) is 8.20. The van der Waals surface area contributed by atoms with Crippen molar-refractivity contribution in [3.63, 3.8) is 0 Å². The number of hydrogen-bond donors (Lipinski definition) is 0. The minimum atomic E-state index is -0.785. The van der Waals surface area contributed by atoms with Crippen LogP contribution in [0.5, 0.6) is 5.75 Å². The van der Waals surface area contributed by atoms with E-state index in [-0.39, 0.29) is 19.0 Å². The first kappa shape index (κ1) is 21.6. The Kier molecular flexibility index (Phi) is 7.55. The zero-order valence-electron chi connectivity index (χ0n) is 16.6. The molecular formula is C21H25F2NO4S. The molecule has 0 saturated heterocycles. The zero-order chi connectivity index (χ0) is 20.8. The summed E-state index contributed by atoms with van der Waals surface area (Å²) in [4.78, 5) is 16.4. The topological polar surface area (TPSA) is 57.7 Å². The van der Waals surface area contributed by atoms with Gasteiger partial charge in [0.2, 0.25) is 0 Å². The van der Waals surface area contributed by atoms with Crippen LogP contribution in [0.2, 0.25) is 0 Å². The maximum atomic E-state index is 14.5. The van der Waals surface area contributed by atoms with E-state index in [2.05, 4.69) is 4.98 Å². The standard InChI is InChI=1S/C21H25F2NO4S/c1-3-27-19(25)5-4-8-28-20-16(22)9-15(10-17(20)23)21-18(24-13(2)29-21)12-26-11-14-6-7-14/h9-10,14H,3-8,11-12H2,1-2H3. The highest BCUT2D eigenvalue weighted by Gasteiger charge is 2.22. The Hall–Kier alpha value is -2.06. The molecule has 1 saturated carbocycles. The lowest BCUT2D eigenvalue weighted by Gasteiger charge is -2.10. The van der Waals surface area contributed by atoms with Gasteiger partial charge in [0, 0.05) is 13.0 Å². The molecular weight excluding hydrogens is 400 g/mol. The van der Waals surface area contributed by atoms with E-state index in [1.807, 2.05) is 6.92 Å². The summed E-state index contributed by atoms with van der Waals surface area (Å²) < 4.78 is 44.7. The number of aromatic nitrogens is 1. The van der Waals surface area contributed by atoms with Gasteiger partial charge in [0.1, 0.15) is 0 Å². The first-order valence-corrected chi connectivity index (χ1v) is 10.6. The van der Waals surface area contributed by atoms with Crippen molar-refractivity contribution in [1.29, 1.82) is 0 Å². The largest absolute Gasteiger partial charge is 0.488 e. The third-order valence-corrected chi connectivity index (χ3v) is 5.49. The molecule has 0 unspecified atom stereocenters. The van der Waals surface area contributed by atoms with Crippen molar-refractivity contribution in [2.75, 3.05) is 19.8 Å². The molecule has 0 bridgehead atoms. The normalized spacial score (nSPS) is 13.5. The third-order valence-electron chi connectivity index (χ3n) is 4.43. The number of thiazole rings is 1. The molecule has 0 atom stereocenters. The number of halogens is 2. The number of rotatable bonds is 11. The van der Waals surface area contributed by atoms with Gasteiger partial charge in [0.05, 0.1) is 35.4 Å². The Morgan fingerprint density at radius 1 is 1.28 bits per heavy atom. The number of benzene rings is 1. The van der Waals surface area contributed by atoms with Gasteiger partial charge in [-0.2, -0.15) is 0 Å². The fourth-order valence-corrected chi connectivity index (χ4v) is 3.76. The molecule has 1 aliphatic rings. The number of ether oxygens (including phenoxy) is 3. The Bertz CT molecular complexity index is 828. The van der Waals surface area contributed by atoms with E-state index in [4.69, 9.17) is 14.2 Å². The highest BCUT2D eigenvalue weighted by molar-refractivity contribution is 7.15. The van der Waals surface area contributed by atoms with Gasteiger partial charge in [-0.1, -0.05) is 0 Å². The quantitative estimate of drug-likeness (QED) is 0.373. The van der Waals surface area contributed by atoms with Gasteiger partial charge in [-0.3, -0.25) is 4.79 Å². The van der Waals surface area contributed by atoms with Crippen molar-refractivity contribution >= 4 is 17.3 Å². The number of carbonyl (C=O) groups is 1. The molecule has 0 amide bonds. The van der Waals surface area contributed by atoms with Crippen LogP contribution in [0.1, 0.15) is 43.3 Å². The highest BCUT2D eigenvalue weighted by Crippen LogP contribution is 2.35. The second kappa shape index (κ2) is 10.1. The molecule has 8 heteroatoms. The SMILES string of the molecule is CCOC(=O)CCCOc1c(F)cc(-c2sc(C)nc2COCC2CC2)cc1F. The predicted octanol–water partition coefficient (Wildman–Crippen LogP) is 5.05. The number of aryl methyl sites for hydroxylation is 1. The predicted molar refractivity (Wildman–Crippen MR) is 106 cm³/mol. The first-order chi connectivity index (χ1) is 14.0. The van der Waals surface area contributed by atoms with Gasteiger partial charge < -0.3 is 14.2 Å². The Morgan fingerprint density at radius 2 is 2.00 bits per heavy atom.